The van der Waals surface area contributed by atoms with Gasteiger partial charge in [0.15, 0.2) is 5.82 Å². The summed E-state index contributed by atoms with van der Waals surface area (Å²) in [6, 6.07) is 5.54. The molecule has 2 aromatic heterocycles. The zero-order valence-corrected chi connectivity index (χ0v) is 19.3. The number of methoxy groups -OCH3 is 1. The molecular weight excluding hydrogens is 408 g/mol. The Morgan fingerprint density at radius 2 is 1.94 bits per heavy atom. The van der Waals surface area contributed by atoms with Gasteiger partial charge in [0.1, 0.15) is 11.8 Å². The number of amides is 2. The fourth-order valence-corrected chi connectivity index (χ4v) is 3.32. The lowest BCUT2D eigenvalue weighted by atomic mass is 10.1. The molecule has 1 atom stereocenters. The van der Waals surface area contributed by atoms with Gasteiger partial charge in [0, 0.05) is 36.6 Å². The first-order valence-electron chi connectivity index (χ1n) is 10.5. The zero-order valence-electron chi connectivity index (χ0n) is 19.3. The Kier molecular flexibility index (Phi) is 7.09. The van der Waals surface area contributed by atoms with Crippen molar-refractivity contribution in [2.45, 2.75) is 40.7 Å². The van der Waals surface area contributed by atoms with E-state index in [9.17, 15) is 9.59 Å². The Labute approximate surface area is 187 Å². The molecule has 3 rings (SSSR count). The second-order valence-electron chi connectivity index (χ2n) is 8.20. The average molecular weight is 439 g/mol. The number of nitrogens with one attached hydrogen (secondary N) is 3. The van der Waals surface area contributed by atoms with Gasteiger partial charge in [-0.25, -0.2) is 9.50 Å². The van der Waals surface area contributed by atoms with Crippen molar-refractivity contribution in [2.24, 2.45) is 5.92 Å². The van der Waals surface area contributed by atoms with E-state index >= 15 is 0 Å². The van der Waals surface area contributed by atoms with E-state index in [-0.39, 0.29) is 23.8 Å². The van der Waals surface area contributed by atoms with Crippen molar-refractivity contribution in [2.75, 3.05) is 24.4 Å². The highest BCUT2D eigenvalue weighted by molar-refractivity contribution is 5.99. The van der Waals surface area contributed by atoms with E-state index in [0.29, 0.717) is 29.2 Å². The minimum atomic E-state index is -0.196. The quantitative estimate of drug-likeness (QED) is 0.497. The summed E-state index contributed by atoms with van der Waals surface area (Å²) in [7, 11) is 1.60. The van der Waals surface area contributed by atoms with Gasteiger partial charge in [-0.2, -0.15) is 5.10 Å². The number of carbonyl (C=O) groups excluding carboxylic acids is 2. The maximum atomic E-state index is 12.8. The molecule has 0 spiro atoms. The minimum Gasteiger partial charge on any atom is -0.383 e. The molecular formula is C23H30N6O3. The van der Waals surface area contributed by atoms with E-state index in [1.807, 2.05) is 52.8 Å². The first-order chi connectivity index (χ1) is 15.2. The second-order valence-corrected chi connectivity index (χ2v) is 8.20. The van der Waals surface area contributed by atoms with Crippen LogP contribution in [-0.4, -0.2) is 46.2 Å². The molecule has 32 heavy (non-hydrogen) atoms. The van der Waals surface area contributed by atoms with E-state index in [1.165, 1.54) is 6.33 Å². The number of aryl methyl sites for hydroxylation is 2. The summed E-state index contributed by atoms with van der Waals surface area (Å²) in [6.07, 6.45) is 3.13. The SMILES string of the molecule is COC[C@H](C)NC(=O)c1cn2ncnc(Nc3cc(NC(=O)C(C)C)ccc3C)c2c1C. The fraction of sp³-hybridized carbons (Fsp3) is 0.391. The lowest BCUT2D eigenvalue weighted by Crippen LogP contribution is -2.35. The Balaban J connectivity index is 1.93. The minimum absolute atomic E-state index is 0.0509. The summed E-state index contributed by atoms with van der Waals surface area (Å²) >= 11 is 0. The number of hydrogen-bond donors (Lipinski definition) is 3. The Morgan fingerprint density at radius 1 is 1.19 bits per heavy atom. The number of aromatic nitrogens is 3. The first-order valence-corrected chi connectivity index (χ1v) is 10.5. The molecule has 0 aliphatic carbocycles. The molecule has 0 radical (unpaired) electrons. The standard InChI is InChI=1S/C23H30N6O3/c1-13(2)22(30)27-17-8-7-14(3)19(9-17)28-21-20-16(5)18(10-29(20)25-12-24-21)23(31)26-15(4)11-32-6/h7-10,12-13,15H,11H2,1-6H3,(H,26,31)(H,27,30)(H,24,25,28)/t15-/m0/s1. The fourth-order valence-electron chi connectivity index (χ4n) is 3.32. The molecule has 0 saturated heterocycles. The second kappa shape index (κ2) is 9.78. The van der Waals surface area contributed by atoms with E-state index in [2.05, 4.69) is 26.0 Å². The number of anilines is 3. The van der Waals surface area contributed by atoms with Crippen molar-refractivity contribution < 1.29 is 14.3 Å². The third-order valence-electron chi connectivity index (χ3n) is 5.15. The van der Waals surface area contributed by atoms with Crippen LogP contribution in [0.2, 0.25) is 0 Å². The van der Waals surface area contributed by atoms with Gasteiger partial charge in [0.2, 0.25) is 5.91 Å². The molecule has 0 saturated carbocycles. The lowest BCUT2D eigenvalue weighted by molar-refractivity contribution is -0.118. The maximum absolute atomic E-state index is 12.8. The Morgan fingerprint density at radius 3 is 2.62 bits per heavy atom. The molecule has 1 aromatic carbocycles. The van der Waals surface area contributed by atoms with Crippen molar-refractivity contribution in [3.05, 3.63) is 47.4 Å². The number of carbonyl (C=O) groups is 2. The van der Waals surface area contributed by atoms with E-state index in [0.717, 1.165) is 16.8 Å². The van der Waals surface area contributed by atoms with Crippen LogP contribution < -0.4 is 16.0 Å². The van der Waals surface area contributed by atoms with Crippen molar-refractivity contribution in [3.8, 4) is 0 Å². The van der Waals surface area contributed by atoms with Gasteiger partial charge in [-0.15, -0.1) is 0 Å². The summed E-state index contributed by atoms with van der Waals surface area (Å²) in [6.45, 7) is 9.83. The van der Waals surface area contributed by atoms with Gasteiger partial charge in [-0.05, 0) is 44.0 Å². The number of ether oxygens (including phenoxy) is 1. The molecule has 0 aliphatic rings. The predicted octanol–water partition coefficient (Wildman–Crippen LogP) is 3.45. The van der Waals surface area contributed by atoms with Gasteiger partial charge >= 0.3 is 0 Å². The normalized spacial score (nSPS) is 12.1. The highest BCUT2D eigenvalue weighted by atomic mass is 16.5. The number of nitrogens with zero attached hydrogens (tertiary/aromatic N) is 3. The number of rotatable bonds is 8. The smallest absolute Gasteiger partial charge is 0.253 e. The van der Waals surface area contributed by atoms with Gasteiger partial charge in [0.25, 0.3) is 5.91 Å². The van der Waals surface area contributed by atoms with E-state index in [1.54, 1.807) is 17.8 Å². The van der Waals surface area contributed by atoms with Gasteiger partial charge < -0.3 is 20.7 Å². The molecule has 0 unspecified atom stereocenters. The summed E-state index contributed by atoms with van der Waals surface area (Å²) in [4.78, 5) is 29.2. The summed E-state index contributed by atoms with van der Waals surface area (Å²) < 4.78 is 6.73. The van der Waals surface area contributed by atoms with Crippen LogP contribution in [0.3, 0.4) is 0 Å². The van der Waals surface area contributed by atoms with Crippen molar-refractivity contribution >= 4 is 34.5 Å². The van der Waals surface area contributed by atoms with Crippen LogP contribution in [0.4, 0.5) is 17.2 Å². The van der Waals surface area contributed by atoms with Crippen LogP contribution in [0.15, 0.2) is 30.7 Å². The molecule has 2 heterocycles. The molecule has 0 aliphatic heterocycles. The predicted molar refractivity (Wildman–Crippen MR) is 124 cm³/mol. The molecule has 3 aromatic rings. The van der Waals surface area contributed by atoms with E-state index < -0.39 is 0 Å². The average Bonchev–Trinajstić information content (AvgIpc) is 3.08. The maximum Gasteiger partial charge on any atom is 0.253 e. The third kappa shape index (κ3) is 5.05. The van der Waals surface area contributed by atoms with Crippen LogP contribution >= 0.6 is 0 Å². The highest BCUT2D eigenvalue weighted by Crippen LogP contribution is 2.28. The monoisotopic (exact) mass is 438 g/mol. The number of hydrogen-bond acceptors (Lipinski definition) is 6. The van der Waals surface area contributed by atoms with Crippen molar-refractivity contribution in [1.82, 2.24) is 19.9 Å². The molecule has 0 fully saturated rings. The summed E-state index contributed by atoms with van der Waals surface area (Å²) in [5.74, 6) is 0.203. The molecule has 2 amide bonds. The first kappa shape index (κ1) is 23.2. The van der Waals surface area contributed by atoms with Crippen LogP contribution in [0, 0.1) is 19.8 Å². The van der Waals surface area contributed by atoms with Gasteiger partial charge in [-0.3, -0.25) is 9.59 Å². The van der Waals surface area contributed by atoms with Crippen LogP contribution in [0.5, 0.6) is 0 Å². The van der Waals surface area contributed by atoms with Crippen molar-refractivity contribution in [3.63, 3.8) is 0 Å². The lowest BCUT2D eigenvalue weighted by Gasteiger charge is -2.14. The largest absolute Gasteiger partial charge is 0.383 e. The van der Waals surface area contributed by atoms with Crippen LogP contribution in [0.1, 0.15) is 42.3 Å². The zero-order chi connectivity index (χ0) is 23.4. The summed E-state index contributed by atoms with van der Waals surface area (Å²) in [5.41, 5.74) is 4.46. The Hall–Kier alpha value is -3.46. The van der Waals surface area contributed by atoms with Crippen molar-refractivity contribution in [1.29, 1.82) is 0 Å². The summed E-state index contributed by atoms with van der Waals surface area (Å²) in [5, 5.41) is 13.4. The molecule has 9 nitrogen and oxygen atoms in total. The topological polar surface area (TPSA) is 110 Å². The molecule has 3 N–H and O–H groups in total. The van der Waals surface area contributed by atoms with E-state index in [4.69, 9.17) is 4.74 Å². The Bertz CT molecular complexity index is 1140. The highest BCUT2D eigenvalue weighted by Gasteiger charge is 2.19. The van der Waals surface area contributed by atoms with Crippen LogP contribution in [-0.2, 0) is 9.53 Å². The van der Waals surface area contributed by atoms with Crippen LogP contribution in [0.25, 0.3) is 5.52 Å². The molecule has 170 valence electrons. The van der Waals surface area contributed by atoms with Gasteiger partial charge in [0.05, 0.1) is 12.2 Å². The number of fused-ring (bicyclic) bond motifs is 1. The number of benzene rings is 1. The van der Waals surface area contributed by atoms with Gasteiger partial charge in [-0.1, -0.05) is 19.9 Å². The third-order valence-corrected chi connectivity index (χ3v) is 5.15. The molecule has 0 bridgehead atoms. The molecule has 9 heteroatoms.